The quantitative estimate of drug-likeness (QED) is 0.560. The van der Waals surface area contributed by atoms with Crippen LogP contribution in [0.5, 0.6) is 0 Å². The number of alkyl halides is 1. The molecular weight excluding hydrogens is 285 g/mol. The molecule has 0 aromatic carbocycles. The van der Waals surface area contributed by atoms with Gasteiger partial charge in [0.1, 0.15) is 4.49 Å². The highest BCUT2D eigenvalue weighted by Crippen LogP contribution is 2.36. The first-order chi connectivity index (χ1) is 6.85. The second-order valence-electron chi connectivity index (χ2n) is 2.81. The summed E-state index contributed by atoms with van der Waals surface area (Å²) >= 11 is 16.5. The maximum Gasteiger partial charge on any atom is 0.469 e. The smallest absolute Gasteiger partial charge is 0.303 e. The summed E-state index contributed by atoms with van der Waals surface area (Å²) in [6.07, 6.45) is 2.60. The van der Waals surface area contributed by atoms with Gasteiger partial charge in [0.05, 0.1) is 6.61 Å². The molecule has 4 nitrogen and oxygen atoms in total. The summed E-state index contributed by atoms with van der Waals surface area (Å²) in [5.41, 5.74) is 0. The van der Waals surface area contributed by atoms with E-state index in [1.165, 1.54) is 0 Å². The maximum absolute atomic E-state index is 10.4. The molecule has 0 heterocycles. The Morgan fingerprint density at radius 2 is 2.00 bits per heavy atom. The van der Waals surface area contributed by atoms with Crippen LogP contribution in [-0.2, 0) is 9.09 Å². The van der Waals surface area contributed by atoms with Crippen molar-refractivity contribution in [2.24, 2.45) is 5.92 Å². The van der Waals surface area contributed by atoms with Crippen molar-refractivity contribution in [3.63, 3.8) is 0 Å². The zero-order valence-corrected chi connectivity index (χ0v) is 10.9. The molecule has 0 aliphatic carbocycles. The van der Waals surface area contributed by atoms with Crippen LogP contribution in [0.4, 0.5) is 0 Å². The van der Waals surface area contributed by atoms with Crippen LogP contribution < -0.4 is 0 Å². The Hall–Kier alpha value is 0.720. The zero-order chi connectivity index (χ0) is 11.9. The lowest BCUT2D eigenvalue weighted by Gasteiger charge is -2.11. The van der Waals surface area contributed by atoms with Gasteiger partial charge in [0.2, 0.25) is 0 Å². The monoisotopic (exact) mass is 296 g/mol. The van der Waals surface area contributed by atoms with E-state index in [2.05, 4.69) is 4.52 Å². The Labute approximate surface area is 103 Å². The lowest BCUT2D eigenvalue weighted by molar-refractivity contribution is 0.188. The van der Waals surface area contributed by atoms with Gasteiger partial charge in [-0.05, 0) is 18.8 Å². The van der Waals surface area contributed by atoms with E-state index in [0.29, 0.717) is 18.7 Å². The topological polar surface area (TPSA) is 66.8 Å². The van der Waals surface area contributed by atoms with Crippen LogP contribution in [0.25, 0.3) is 0 Å². The fourth-order valence-corrected chi connectivity index (χ4v) is 1.93. The predicted octanol–water partition coefficient (Wildman–Crippen LogP) is 3.05. The van der Waals surface area contributed by atoms with Crippen molar-refractivity contribution in [3.8, 4) is 0 Å². The molecule has 15 heavy (non-hydrogen) atoms. The Morgan fingerprint density at radius 3 is 2.40 bits per heavy atom. The van der Waals surface area contributed by atoms with Gasteiger partial charge >= 0.3 is 7.82 Å². The molecule has 0 aromatic rings. The van der Waals surface area contributed by atoms with Crippen molar-refractivity contribution in [3.05, 3.63) is 10.6 Å². The van der Waals surface area contributed by atoms with Crippen LogP contribution in [0.3, 0.4) is 0 Å². The standard InChI is InChI=1S/C7H12Cl3O4P/c8-3-1-6(5-7(9)10)2-4-14-15(11,12)13/h5-6H,1-4H2,(H2,11,12,13). The molecule has 0 saturated heterocycles. The molecule has 1 atom stereocenters. The van der Waals surface area contributed by atoms with E-state index in [9.17, 15) is 4.57 Å². The van der Waals surface area contributed by atoms with Gasteiger partial charge in [-0.15, -0.1) is 11.6 Å². The molecule has 1 unspecified atom stereocenters. The lowest BCUT2D eigenvalue weighted by atomic mass is 10.0. The van der Waals surface area contributed by atoms with E-state index >= 15 is 0 Å². The Bertz CT molecular complexity index is 249. The molecule has 0 aliphatic rings. The van der Waals surface area contributed by atoms with E-state index in [4.69, 9.17) is 44.6 Å². The highest BCUT2D eigenvalue weighted by atomic mass is 35.5. The van der Waals surface area contributed by atoms with E-state index < -0.39 is 7.82 Å². The van der Waals surface area contributed by atoms with Crippen molar-refractivity contribution in [2.45, 2.75) is 12.8 Å². The van der Waals surface area contributed by atoms with Gasteiger partial charge in [0.25, 0.3) is 0 Å². The van der Waals surface area contributed by atoms with Crippen molar-refractivity contribution in [2.75, 3.05) is 12.5 Å². The third kappa shape index (κ3) is 11.0. The molecule has 2 N–H and O–H groups in total. The van der Waals surface area contributed by atoms with Crippen molar-refractivity contribution >= 4 is 42.6 Å². The van der Waals surface area contributed by atoms with Crippen molar-refractivity contribution in [1.82, 2.24) is 0 Å². The van der Waals surface area contributed by atoms with E-state index in [0.717, 1.165) is 0 Å². The van der Waals surface area contributed by atoms with Crippen LogP contribution in [-0.4, -0.2) is 22.3 Å². The molecule has 0 aliphatic heterocycles. The van der Waals surface area contributed by atoms with Crippen LogP contribution in [0.2, 0.25) is 0 Å². The zero-order valence-electron chi connectivity index (χ0n) is 7.78. The van der Waals surface area contributed by atoms with E-state index in [1.54, 1.807) is 6.08 Å². The minimum Gasteiger partial charge on any atom is -0.303 e. The van der Waals surface area contributed by atoms with Gasteiger partial charge in [-0.25, -0.2) is 4.57 Å². The number of hydrogen-bond donors (Lipinski definition) is 2. The molecule has 0 radical (unpaired) electrons. The van der Waals surface area contributed by atoms with Gasteiger partial charge in [-0.1, -0.05) is 29.3 Å². The second kappa shape index (κ2) is 7.91. The minimum atomic E-state index is -4.39. The number of phosphoric ester groups is 1. The van der Waals surface area contributed by atoms with Crippen LogP contribution >= 0.6 is 42.6 Å². The molecule has 0 saturated carbocycles. The minimum absolute atomic E-state index is 0.0425. The number of phosphoric acid groups is 1. The van der Waals surface area contributed by atoms with Gasteiger partial charge in [-0.3, -0.25) is 4.52 Å². The Balaban J connectivity index is 3.97. The molecule has 0 aromatic heterocycles. The molecule has 0 fully saturated rings. The number of allylic oxidation sites excluding steroid dienone is 1. The second-order valence-corrected chi connectivity index (χ2v) is 5.43. The van der Waals surface area contributed by atoms with Gasteiger partial charge in [-0.2, -0.15) is 0 Å². The van der Waals surface area contributed by atoms with Gasteiger partial charge in [0, 0.05) is 5.88 Å². The van der Waals surface area contributed by atoms with Gasteiger partial charge in [0.15, 0.2) is 0 Å². The van der Waals surface area contributed by atoms with Crippen LogP contribution in [0.15, 0.2) is 10.6 Å². The lowest BCUT2D eigenvalue weighted by Crippen LogP contribution is -2.03. The molecule has 0 spiro atoms. The fourth-order valence-electron chi connectivity index (χ4n) is 0.952. The molecule has 0 amide bonds. The van der Waals surface area contributed by atoms with Crippen LogP contribution in [0.1, 0.15) is 12.8 Å². The summed E-state index contributed by atoms with van der Waals surface area (Å²) in [7, 11) is -4.39. The molecule has 0 bridgehead atoms. The molecular formula is C7H12Cl3O4P. The summed E-state index contributed by atoms with van der Waals surface area (Å²) in [6, 6.07) is 0. The first-order valence-corrected chi connectivity index (χ1v) is 6.96. The molecule has 8 heteroatoms. The van der Waals surface area contributed by atoms with E-state index in [1.807, 2.05) is 0 Å². The first-order valence-electron chi connectivity index (χ1n) is 4.14. The number of rotatable bonds is 7. The number of hydrogen-bond acceptors (Lipinski definition) is 2. The summed E-state index contributed by atoms with van der Waals surface area (Å²) in [5.74, 6) is 0.372. The third-order valence-electron chi connectivity index (χ3n) is 1.59. The summed E-state index contributed by atoms with van der Waals surface area (Å²) in [5, 5.41) is 0. The largest absolute Gasteiger partial charge is 0.469 e. The summed E-state index contributed by atoms with van der Waals surface area (Å²) in [4.78, 5) is 16.9. The van der Waals surface area contributed by atoms with Crippen molar-refractivity contribution in [1.29, 1.82) is 0 Å². The predicted molar refractivity (Wildman–Crippen MR) is 61.2 cm³/mol. The normalized spacial score (nSPS) is 13.7. The maximum atomic E-state index is 10.4. The highest BCUT2D eigenvalue weighted by Gasteiger charge is 2.14. The van der Waals surface area contributed by atoms with Crippen LogP contribution in [0, 0.1) is 5.92 Å². The first kappa shape index (κ1) is 15.7. The summed E-state index contributed by atoms with van der Waals surface area (Å²) < 4.78 is 14.8. The molecule has 90 valence electrons. The third-order valence-corrected chi connectivity index (χ3v) is 2.58. The average Bonchev–Trinajstić information content (AvgIpc) is 2.00. The average molecular weight is 298 g/mol. The molecule has 0 rings (SSSR count). The SMILES string of the molecule is O=P(O)(O)OCCC(C=C(Cl)Cl)CCCl. The highest BCUT2D eigenvalue weighted by molar-refractivity contribution is 7.46. The van der Waals surface area contributed by atoms with Crippen molar-refractivity contribution < 1.29 is 18.9 Å². The fraction of sp³-hybridized carbons (Fsp3) is 0.714. The van der Waals surface area contributed by atoms with E-state index in [-0.39, 0.29) is 17.0 Å². The Morgan fingerprint density at radius 1 is 1.40 bits per heavy atom. The number of halogens is 3. The summed E-state index contributed by atoms with van der Waals surface area (Å²) in [6.45, 7) is -0.0661. The Kier molecular flexibility index (Phi) is 8.29. The van der Waals surface area contributed by atoms with Gasteiger partial charge < -0.3 is 9.79 Å².